The summed E-state index contributed by atoms with van der Waals surface area (Å²) in [5, 5.41) is 9.24. The Kier molecular flexibility index (Phi) is 6.31. The third-order valence-corrected chi connectivity index (χ3v) is 5.08. The highest BCUT2D eigenvalue weighted by Crippen LogP contribution is 2.27. The lowest BCUT2D eigenvalue weighted by molar-refractivity contribution is 0.0696. The van der Waals surface area contributed by atoms with Gasteiger partial charge in [0.15, 0.2) is 0 Å². The summed E-state index contributed by atoms with van der Waals surface area (Å²) in [6.45, 7) is 0. The van der Waals surface area contributed by atoms with Crippen molar-refractivity contribution in [2.75, 3.05) is 4.72 Å². The molecule has 0 aliphatic rings. The summed E-state index contributed by atoms with van der Waals surface area (Å²) < 4.78 is 33.2. The van der Waals surface area contributed by atoms with Crippen LogP contribution in [-0.2, 0) is 23.1 Å². The summed E-state index contributed by atoms with van der Waals surface area (Å²) in [5.41, 5.74) is 3.42. The maximum absolute atomic E-state index is 11.3. The van der Waals surface area contributed by atoms with Gasteiger partial charge in [-0.25, -0.2) is 4.79 Å². The molecule has 1 atom stereocenters. The lowest BCUT2D eigenvalue weighted by Crippen LogP contribution is -2.11. The number of nitrogens with one attached hydrogen (secondary N) is 1. The Labute approximate surface area is 169 Å². The minimum absolute atomic E-state index is 0.0567. The van der Waals surface area contributed by atoms with Crippen molar-refractivity contribution in [3.05, 3.63) is 101 Å². The standard InChI is InChI=1S/C22H21NO5S/c24-22(25)19-10-4-6-16(12-19)13-20(18-8-2-1-3-9-18)14-17-7-5-11-21(15-17)23-29(26,27)28/h1-12,15,20,23H,13-14H2,(H,24,25)(H,26,27,28). The lowest BCUT2D eigenvalue weighted by Gasteiger charge is -2.19. The first kappa shape index (κ1) is 20.6. The first-order chi connectivity index (χ1) is 13.8. The van der Waals surface area contributed by atoms with Crippen LogP contribution >= 0.6 is 0 Å². The van der Waals surface area contributed by atoms with Gasteiger partial charge in [0.25, 0.3) is 0 Å². The van der Waals surface area contributed by atoms with Crippen molar-refractivity contribution in [2.45, 2.75) is 18.8 Å². The van der Waals surface area contributed by atoms with Gasteiger partial charge in [0, 0.05) is 0 Å². The van der Waals surface area contributed by atoms with Crippen molar-refractivity contribution in [1.82, 2.24) is 0 Å². The Morgan fingerprint density at radius 3 is 2.10 bits per heavy atom. The molecule has 0 fully saturated rings. The Morgan fingerprint density at radius 2 is 1.48 bits per heavy atom. The Bertz CT molecular complexity index is 1100. The molecule has 29 heavy (non-hydrogen) atoms. The van der Waals surface area contributed by atoms with Crippen molar-refractivity contribution in [3.63, 3.8) is 0 Å². The molecule has 3 N–H and O–H groups in total. The molecule has 0 bridgehead atoms. The number of benzene rings is 3. The van der Waals surface area contributed by atoms with Gasteiger partial charge < -0.3 is 5.11 Å². The topological polar surface area (TPSA) is 104 Å². The molecular formula is C22H21NO5S. The second-order valence-corrected chi connectivity index (χ2v) is 7.95. The molecule has 0 heterocycles. The third kappa shape index (κ3) is 6.17. The van der Waals surface area contributed by atoms with E-state index in [1.807, 2.05) is 42.5 Å². The maximum atomic E-state index is 11.3. The van der Waals surface area contributed by atoms with Crippen LogP contribution in [0, 0.1) is 0 Å². The first-order valence-electron chi connectivity index (χ1n) is 9.01. The van der Waals surface area contributed by atoms with Crippen LogP contribution < -0.4 is 4.72 Å². The van der Waals surface area contributed by atoms with E-state index in [2.05, 4.69) is 4.72 Å². The number of hydrogen-bond donors (Lipinski definition) is 3. The highest BCUT2D eigenvalue weighted by molar-refractivity contribution is 7.87. The molecular weight excluding hydrogens is 390 g/mol. The van der Waals surface area contributed by atoms with Crippen molar-refractivity contribution < 1.29 is 22.9 Å². The highest BCUT2D eigenvalue weighted by atomic mass is 32.2. The van der Waals surface area contributed by atoms with Gasteiger partial charge in [-0.05, 0) is 59.7 Å². The molecule has 3 rings (SSSR count). The normalized spacial score (nSPS) is 12.3. The minimum Gasteiger partial charge on any atom is -0.478 e. The Balaban J connectivity index is 1.88. The number of rotatable bonds is 8. The lowest BCUT2D eigenvalue weighted by atomic mass is 9.86. The molecule has 3 aromatic carbocycles. The smallest absolute Gasteiger partial charge is 0.357 e. The molecule has 7 heteroatoms. The van der Waals surface area contributed by atoms with Crippen molar-refractivity contribution in [1.29, 1.82) is 0 Å². The summed E-state index contributed by atoms with van der Waals surface area (Å²) in [7, 11) is -4.34. The number of anilines is 1. The molecule has 0 saturated carbocycles. The van der Waals surface area contributed by atoms with E-state index in [0.29, 0.717) is 12.8 Å². The third-order valence-electron chi connectivity index (χ3n) is 4.58. The van der Waals surface area contributed by atoms with Crippen molar-refractivity contribution >= 4 is 22.0 Å². The molecule has 150 valence electrons. The molecule has 0 aliphatic carbocycles. The van der Waals surface area contributed by atoms with Crippen LogP contribution in [0.25, 0.3) is 0 Å². The van der Waals surface area contributed by atoms with Crippen molar-refractivity contribution in [3.8, 4) is 0 Å². The Morgan fingerprint density at radius 1 is 0.862 bits per heavy atom. The van der Waals surface area contributed by atoms with Gasteiger partial charge in [-0.3, -0.25) is 9.27 Å². The number of carbonyl (C=O) groups is 1. The second kappa shape index (κ2) is 8.89. The zero-order valence-corrected chi connectivity index (χ0v) is 16.3. The van der Waals surface area contributed by atoms with E-state index < -0.39 is 16.3 Å². The van der Waals surface area contributed by atoms with Gasteiger partial charge in [-0.1, -0.05) is 54.6 Å². The molecule has 6 nitrogen and oxygen atoms in total. The van der Waals surface area contributed by atoms with Crippen LogP contribution in [0.4, 0.5) is 5.69 Å². The molecule has 0 amide bonds. The minimum atomic E-state index is -4.34. The summed E-state index contributed by atoms with van der Waals surface area (Å²) in [4.78, 5) is 11.3. The predicted molar refractivity (Wildman–Crippen MR) is 112 cm³/mol. The van der Waals surface area contributed by atoms with Gasteiger partial charge in [0.2, 0.25) is 0 Å². The number of carboxylic acids is 1. The number of aromatic carboxylic acids is 1. The van der Waals surface area contributed by atoms with E-state index in [0.717, 1.165) is 16.7 Å². The van der Waals surface area contributed by atoms with Gasteiger partial charge in [-0.2, -0.15) is 8.42 Å². The van der Waals surface area contributed by atoms with Crippen LogP contribution in [0.15, 0.2) is 78.9 Å². The fourth-order valence-corrected chi connectivity index (χ4v) is 3.77. The average Bonchev–Trinajstić information content (AvgIpc) is 2.67. The van der Waals surface area contributed by atoms with Crippen LogP contribution in [0.3, 0.4) is 0 Å². The second-order valence-electron chi connectivity index (χ2n) is 6.80. The monoisotopic (exact) mass is 411 g/mol. The van der Waals surface area contributed by atoms with Gasteiger partial charge in [0.1, 0.15) is 0 Å². The fraction of sp³-hybridized carbons (Fsp3) is 0.136. The summed E-state index contributed by atoms with van der Waals surface area (Å²) in [6, 6.07) is 23.6. The maximum Gasteiger partial charge on any atom is 0.357 e. The number of hydrogen-bond acceptors (Lipinski definition) is 3. The largest absolute Gasteiger partial charge is 0.478 e. The van der Waals surface area contributed by atoms with Gasteiger partial charge in [0.05, 0.1) is 11.3 Å². The van der Waals surface area contributed by atoms with Crippen molar-refractivity contribution in [2.24, 2.45) is 0 Å². The molecule has 0 spiro atoms. The Hall–Kier alpha value is -3.16. The molecule has 0 saturated heterocycles. The van der Waals surface area contributed by atoms with Crippen LogP contribution in [0.1, 0.15) is 33.0 Å². The highest BCUT2D eigenvalue weighted by Gasteiger charge is 2.15. The zero-order chi connectivity index (χ0) is 20.9. The fourth-order valence-electron chi connectivity index (χ4n) is 3.34. The SMILES string of the molecule is O=C(O)c1cccc(CC(Cc2cccc(NS(=O)(=O)O)c2)c2ccccc2)c1. The van der Waals surface area contributed by atoms with Crippen LogP contribution in [-0.4, -0.2) is 24.0 Å². The van der Waals surface area contributed by atoms with E-state index in [1.54, 1.807) is 36.4 Å². The molecule has 0 radical (unpaired) electrons. The van der Waals surface area contributed by atoms with E-state index in [4.69, 9.17) is 4.55 Å². The number of carboxylic acid groups (broad SMARTS) is 1. The predicted octanol–water partition coefficient (Wildman–Crippen LogP) is 4.17. The summed E-state index contributed by atoms with van der Waals surface area (Å²) >= 11 is 0. The summed E-state index contributed by atoms with van der Waals surface area (Å²) in [5.74, 6) is -0.909. The quantitative estimate of drug-likeness (QED) is 0.483. The van der Waals surface area contributed by atoms with Gasteiger partial charge >= 0.3 is 16.3 Å². The molecule has 3 aromatic rings. The summed E-state index contributed by atoms with van der Waals surface area (Å²) in [6.07, 6.45) is 1.24. The molecule has 1 unspecified atom stereocenters. The van der Waals surface area contributed by atoms with Crippen LogP contribution in [0.2, 0.25) is 0 Å². The van der Waals surface area contributed by atoms with Crippen LogP contribution in [0.5, 0.6) is 0 Å². The van der Waals surface area contributed by atoms with Gasteiger partial charge in [-0.15, -0.1) is 0 Å². The molecule has 0 aromatic heterocycles. The van der Waals surface area contributed by atoms with E-state index >= 15 is 0 Å². The molecule has 0 aliphatic heterocycles. The van der Waals surface area contributed by atoms with E-state index in [9.17, 15) is 18.3 Å². The van der Waals surface area contributed by atoms with E-state index in [1.165, 1.54) is 0 Å². The van der Waals surface area contributed by atoms with E-state index in [-0.39, 0.29) is 17.2 Å². The zero-order valence-electron chi connectivity index (χ0n) is 15.5. The average molecular weight is 411 g/mol. The first-order valence-corrected chi connectivity index (χ1v) is 10.5.